The van der Waals surface area contributed by atoms with Crippen molar-refractivity contribution < 1.29 is 13.2 Å². The highest BCUT2D eigenvalue weighted by Crippen LogP contribution is 2.38. The Bertz CT molecular complexity index is 1600. The van der Waals surface area contributed by atoms with Crippen LogP contribution in [0.15, 0.2) is 47.5 Å². The maximum absolute atomic E-state index is 13.6. The van der Waals surface area contributed by atoms with Crippen LogP contribution in [0.3, 0.4) is 0 Å². The Kier molecular flexibility index (Phi) is 6.78. The van der Waals surface area contributed by atoms with Crippen LogP contribution in [0.2, 0.25) is 0 Å². The monoisotopic (exact) mass is 519 g/mol. The lowest BCUT2D eigenvalue weighted by molar-refractivity contribution is 0.0916. The molecule has 0 aliphatic carbocycles. The second kappa shape index (κ2) is 9.89. The molecule has 1 saturated heterocycles. The van der Waals surface area contributed by atoms with E-state index in [1.165, 1.54) is 0 Å². The summed E-state index contributed by atoms with van der Waals surface area (Å²) in [5.41, 5.74) is 5.51. The van der Waals surface area contributed by atoms with Crippen LogP contribution in [0.5, 0.6) is 0 Å². The molecule has 1 amide bonds. The molecule has 2 aromatic carbocycles. The lowest BCUT2D eigenvalue weighted by Gasteiger charge is -2.29. The Morgan fingerprint density at radius 3 is 2.65 bits per heavy atom. The SMILES string of the molecule is CCNS(=O)(=O)c1cccc(-c2cc(C(=O)NC3CCN(C)CC3)c(C)c3[nH]c4ncc(C)cc4c23)c1. The molecule has 8 nitrogen and oxygen atoms in total. The largest absolute Gasteiger partial charge is 0.349 e. The van der Waals surface area contributed by atoms with E-state index >= 15 is 0 Å². The number of aryl methyl sites for hydroxylation is 2. The summed E-state index contributed by atoms with van der Waals surface area (Å²) >= 11 is 0. The molecular formula is C28H33N5O3S. The normalized spacial score (nSPS) is 15.5. The Morgan fingerprint density at radius 2 is 1.92 bits per heavy atom. The maximum Gasteiger partial charge on any atom is 0.251 e. The molecule has 3 N–H and O–H groups in total. The van der Waals surface area contributed by atoms with Gasteiger partial charge in [0.05, 0.1) is 10.4 Å². The molecule has 9 heteroatoms. The second-order valence-corrected chi connectivity index (χ2v) is 11.7. The van der Waals surface area contributed by atoms with Crippen molar-refractivity contribution in [3.63, 3.8) is 0 Å². The molecule has 0 saturated carbocycles. The summed E-state index contributed by atoms with van der Waals surface area (Å²) in [6, 6.07) is 11.0. The van der Waals surface area contributed by atoms with E-state index in [0.717, 1.165) is 70.1 Å². The second-order valence-electron chi connectivity index (χ2n) is 9.96. The van der Waals surface area contributed by atoms with Crippen molar-refractivity contribution in [2.24, 2.45) is 0 Å². The van der Waals surface area contributed by atoms with Crippen LogP contribution >= 0.6 is 0 Å². The van der Waals surface area contributed by atoms with Crippen LogP contribution in [0.4, 0.5) is 0 Å². The number of nitrogens with zero attached hydrogens (tertiary/aromatic N) is 2. The van der Waals surface area contributed by atoms with Crippen molar-refractivity contribution >= 4 is 37.9 Å². The highest BCUT2D eigenvalue weighted by molar-refractivity contribution is 7.89. The van der Waals surface area contributed by atoms with Crippen molar-refractivity contribution in [3.05, 3.63) is 59.3 Å². The Morgan fingerprint density at radius 1 is 1.16 bits per heavy atom. The molecule has 194 valence electrons. The number of amides is 1. The van der Waals surface area contributed by atoms with E-state index in [4.69, 9.17) is 0 Å². The van der Waals surface area contributed by atoms with E-state index in [9.17, 15) is 13.2 Å². The standard InChI is InChI=1S/C28H33N5O3S/c1-5-30-37(35,36)21-8-6-7-19(14-21)23-15-22(28(34)31-20-9-11-33(4)12-10-20)18(3)26-25(23)24-13-17(2)16-29-27(24)32-26/h6-8,13-16,20,30H,5,9-12H2,1-4H3,(H,29,32)(H,31,34). The third-order valence-electron chi connectivity index (χ3n) is 7.21. The van der Waals surface area contributed by atoms with Gasteiger partial charge in [0.25, 0.3) is 5.91 Å². The molecule has 0 radical (unpaired) electrons. The summed E-state index contributed by atoms with van der Waals surface area (Å²) in [6.07, 6.45) is 3.64. The van der Waals surface area contributed by atoms with Crippen LogP contribution in [0, 0.1) is 13.8 Å². The molecule has 3 heterocycles. The molecule has 5 rings (SSSR count). The predicted octanol–water partition coefficient (Wildman–Crippen LogP) is 4.12. The Labute approximate surface area is 217 Å². The summed E-state index contributed by atoms with van der Waals surface area (Å²) < 4.78 is 28.1. The van der Waals surface area contributed by atoms with Crippen LogP contribution < -0.4 is 10.0 Å². The smallest absolute Gasteiger partial charge is 0.251 e. The number of benzene rings is 2. The topological polar surface area (TPSA) is 107 Å². The molecule has 4 aromatic rings. The molecule has 0 unspecified atom stereocenters. The van der Waals surface area contributed by atoms with Gasteiger partial charge < -0.3 is 15.2 Å². The fraction of sp³-hybridized carbons (Fsp3) is 0.357. The van der Waals surface area contributed by atoms with Crippen molar-refractivity contribution in [2.75, 3.05) is 26.7 Å². The molecule has 0 spiro atoms. The quantitative estimate of drug-likeness (QED) is 0.355. The first-order chi connectivity index (χ1) is 17.7. The van der Waals surface area contributed by atoms with E-state index < -0.39 is 10.0 Å². The van der Waals surface area contributed by atoms with Gasteiger partial charge in [-0.1, -0.05) is 19.1 Å². The van der Waals surface area contributed by atoms with Gasteiger partial charge in [-0.3, -0.25) is 4.79 Å². The summed E-state index contributed by atoms with van der Waals surface area (Å²) in [5, 5.41) is 5.10. The number of fused-ring (bicyclic) bond motifs is 3. The average molecular weight is 520 g/mol. The third-order valence-corrected chi connectivity index (χ3v) is 8.76. The van der Waals surface area contributed by atoms with Gasteiger partial charge >= 0.3 is 0 Å². The average Bonchev–Trinajstić information content (AvgIpc) is 3.25. The zero-order valence-corrected chi connectivity index (χ0v) is 22.5. The number of nitrogens with one attached hydrogen (secondary N) is 3. The summed E-state index contributed by atoms with van der Waals surface area (Å²) in [7, 11) is -1.55. The van der Waals surface area contributed by atoms with Gasteiger partial charge in [-0.25, -0.2) is 18.1 Å². The number of likely N-dealkylation sites (tertiary alicyclic amines) is 1. The lowest BCUT2D eigenvalue weighted by Crippen LogP contribution is -2.43. The number of hydrogen-bond donors (Lipinski definition) is 3. The van der Waals surface area contributed by atoms with Crippen LogP contribution in [0.25, 0.3) is 33.1 Å². The van der Waals surface area contributed by atoms with Gasteiger partial charge in [-0.15, -0.1) is 0 Å². The van der Waals surface area contributed by atoms with Gasteiger partial charge in [-0.2, -0.15) is 0 Å². The van der Waals surface area contributed by atoms with Crippen molar-refractivity contribution in [3.8, 4) is 11.1 Å². The fourth-order valence-corrected chi connectivity index (χ4v) is 6.27. The Balaban J connectivity index is 1.69. The summed E-state index contributed by atoms with van der Waals surface area (Å²) in [6.45, 7) is 7.90. The summed E-state index contributed by atoms with van der Waals surface area (Å²) in [5.74, 6) is -0.116. The Hall–Kier alpha value is -3.27. The van der Waals surface area contributed by atoms with Gasteiger partial charge in [0.1, 0.15) is 5.65 Å². The first-order valence-corrected chi connectivity index (χ1v) is 14.2. The number of aromatic amines is 1. The fourth-order valence-electron chi connectivity index (χ4n) is 5.18. The number of piperidine rings is 1. The molecule has 1 aliphatic heterocycles. The number of carbonyl (C=O) groups is 1. The van der Waals surface area contributed by atoms with Gasteiger partial charge in [-0.05, 0) is 93.3 Å². The molecule has 0 atom stereocenters. The van der Waals surface area contributed by atoms with Gasteiger partial charge in [0.15, 0.2) is 0 Å². The molecule has 1 aliphatic rings. The number of pyridine rings is 1. The van der Waals surface area contributed by atoms with E-state index in [1.807, 2.05) is 32.2 Å². The minimum absolute atomic E-state index is 0.116. The van der Waals surface area contributed by atoms with E-state index in [-0.39, 0.29) is 16.8 Å². The first-order valence-electron chi connectivity index (χ1n) is 12.7. The van der Waals surface area contributed by atoms with Gasteiger partial charge in [0, 0.05) is 35.1 Å². The highest BCUT2D eigenvalue weighted by atomic mass is 32.2. The van der Waals surface area contributed by atoms with Crippen LogP contribution in [-0.4, -0.2) is 61.9 Å². The number of H-pyrrole nitrogens is 1. The van der Waals surface area contributed by atoms with Crippen molar-refractivity contribution in [2.45, 2.75) is 44.6 Å². The van der Waals surface area contributed by atoms with Crippen LogP contribution in [0.1, 0.15) is 41.3 Å². The molecule has 0 bridgehead atoms. The molecular weight excluding hydrogens is 486 g/mol. The number of carbonyl (C=O) groups excluding carboxylic acids is 1. The van der Waals surface area contributed by atoms with Crippen molar-refractivity contribution in [1.82, 2.24) is 24.9 Å². The molecule has 1 fully saturated rings. The minimum atomic E-state index is -3.64. The van der Waals surface area contributed by atoms with E-state index in [1.54, 1.807) is 25.1 Å². The zero-order chi connectivity index (χ0) is 26.3. The molecule has 37 heavy (non-hydrogen) atoms. The zero-order valence-electron chi connectivity index (χ0n) is 21.7. The lowest BCUT2D eigenvalue weighted by atomic mass is 9.93. The van der Waals surface area contributed by atoms with Crippen LogP contribution in [-0.2, 0) is 10.0 Å². The molecule has 2 aromatic heterocycles. The van der Waals surface area contributed by atoms with E-state index in [2.05, 4.69) is 38.0 Å². The third kappa shape index (κ3) is 4.86. The van der Waals surface area contributed by atoms with E-state index in [0.29, 0.717) is 12.1 Å². The van der Waals surface area contributed by atoms with Gasteiger partial charge in [0.2, 0.25) is 10.0 Å². The van der Waals surface area contributed by atoms with Crippen molar-refractivity contribution in [1.29, 1.82) is 0 Å². The number of rotatable bonds is 6. The predicted molar refractivity (Wildman–Crippen MR) is 147 cm³/mol. The summed E-state index contributed by atoms with van der Waals surface area (Å²) in [4.78, 5) is 24.0. The minimum Gasteiger partial charge on any atom is -0.349 e. The first kappa shape index (κ1) is 25.4. The number of aromatic nitrogens is 2. The maximum atomic E-state index is 13.6. The highest BCUT2D eigenvalue weighted by Gasteiger charge is 2.24. The number of hydrogen-bond acceptors (Lipinski definition) is 5. The number of sulfonamides is 1.